The average Bonchev–Trinajstić information content (AvgIpc) is 2.76. The van der Waals surface area contributed by atoms with E-state index < -0.39 is 5.97 Å². The predicted molar refractivity (Wildman–Crippen MR) is 122 cm³/mol. The summed E-state index contributed by atoms with van der Waals surface area (Å²) in [6.45, 7) is 4.03. The van der Waals surface area contributed by atoms with Gasteiger partial charge in [-0.2, -0.15) is 5.10 Å². The lowest BCUT2D eigenvalue weighted by Crippen LogP contribution is -2.20. The maximum Gasteiger partial charge on any atom is 0.335 e. The largest absolute Gasteiger partial charge is 0.488 e. The van der Waals surface area contributed by atoms with Crippen LogP contribution < -0.4 is 10.2 Å². The van der Waals surface area contributed by atoms with Gasteiger partial charge in [0.1, 0.15) is 12.4 Å². The number of ether oxygens (including phenoxy) is 1. The average molecular weight is 451 g/mol. The Bertz CT molecular complexity index is 1110. The number of thioether (sulfide) groups is 1. The van der Waals surface area contributed by atoms with E-state index in [1.54, 1.807) is 18.2 Å². The van der Waals surface area contributed by atoms with E-state index in [4.69, 9.17) is 9.84 Å². The zero-order valence-electron chi connectivity index (χ0n) is 17.6. The van der Waals surface area contributed by atoms with Crippen LogP contribution in [0.4, 0.5) is 0 Å². The molecule has 0 aliphatic rings. The first kappa shape index (κ1) is 23.0. The first-order valence-electron chi connectivity index (χ1n) is 9.72. The number of hydrazone groups is 1. The molecule has 0 fully saturated rings. The van der Waals surface area contributed by atoms with Crippen LogP contribution in [0.2, 0.25) is 0 Å². The van der Waals surface area contributed by atoms with Crippen molar-refractivity contribution in [3.63, 3.8) is 0 Å². The monoisotopic (exact) mass is 450 g/mol. The zero-order valence-corrected chi connectivity index (χ0v) is 18.4. The Morgan fingerprint density at radius 1 is 1.09 bits per heavy atom. The first-order chi connectivity index (χ1) is 15.4. The Morgan fingerprint density at radius 3 is 2.47 bits per heavy atom. The molecule has 3 rings (SSSR count). The van der Waals surface area contributed by atoms with Crippen LogP contribution in [0, 0.1) is 13.8 Å². The van der Waals surface area contributed by atoms with Crippen molar-refractivity contribution < 1.29 is 19.4 Å². The number of carbonyl (C=O) groups excluding carboxylic acids is 1. The molecule has 0 bridgehead atoms. The molecular weight excluding hydrogens is 428 g/mol. The van der Waals surface area contributed by atoms with E-state index in [-0.39, 0.29) is 23.8 Å². The number of para-hydroxylation sites is 1. The van der Waals surface area contributed by atoms with Gasteiger partial charge in [0.05, 0.1) is 17.5 Å². The number of carbonyl (C=O) groups is 2. The van der Waals surface area contributed by atoms with Gasteiger partial charge in [0.25, 0.3) is 5.91 Å². The molecule has 0 aliphatic carbocycles. The van der Waals surface area contributed by atoms with E-state index in [9.17, 15) is 9.59 Å². The molecule has 8 nitrogen and oxygen atoms in total. The van der Waals surface area contributed by atoms with Gasteiger partial charge in [0.2, 0.25) is 0 Å². The quantitative estimate of drug-likeness (QED) is 0.222. The van der Waals surface area contributed by atoms with Gasteiger partial charge in [0.15, 0.2) is 5.16 Å². The molecule has 0 saturated heterocycles. The van der Waals surface area contributed by atoms with Gasteiger partial charge >= 0.3 is 5.97 Å². The number of aryl methyl sites for hydroxylation is 2. The number of amides is 1. The molecule has 2 N–H and O–H groups in total. The molecule has 164 valence electrons. The summed E-state index contributed by atoms with van der Waals surface area (Å²) >= 11 is 1.25. The standard InChI is InChI=1S/C23H22N4O4S/c1-15-11-16(2)26-23(25-15)32-14-21(28)27-24-12-19-5-3-4-6-20(19)31-13-17-7-9-18(10-8-17)22(29)30/h3-12H,13-14H2,1-2H3,(H,27,28)(H,29,30)/b24-12-. The van der Waals surface area contributed by atoms with E-state index >= 15 is 0 Å². The summed E-state index contributed by atoms with van der Waals surface area (Å²) < 4.78 is 5.84. The van der Waals surface area contributed by atoms with Crippen molar-refractivity contribution in [2.45, 2.75) is 25.6 Å². The third kappa shape index (κ3) is 6.92. The van der Waals surface area contributed by atoms with Gasteiger partial charge in [0, 0.05) is 17.0 Å². The van der Waals surface area contributed by atoms with Crippen molar-refractivity contribution in [1.29, 1.82) is 0 Å². The molecule has 1 heterocycles. The number of hydrogen-bond acceptors (Lipinski definition) is 7. The normalized spacial score (nSPS) is 10.8. The van der Waals surface area contributed by atoms with Crippen molar-refractivity contribution >= 4 is 29.9 Å². The number of aromatic carboxylic acids is 1. The highest BCUT2D eigenvalue weighted by Crippen LogP contribution is 2.18. The molecule has 0 spiro atoms. The molecule has 0 saturated carbocycles. The zero-order chi connectivity index (χ0) is 22.9. The lowest BCUT2D eigenvalue weighted by atomic mass is 10.1. The fourth-order valence-electron chi connectivity index (χ4n) is 2.72. The molecule has 0 aliphatic heterocycles. The number of nitrogens with one attached hydrogen (secondary N) is 1. The van der Waals surface area contributed by atoms with Crippen molar-refractivity contribution in [3.8, 4) is 5.75 Å². The highest BCUT2D eigenvalue weighted by molar-refractivity contribution is 7.99. The van der Waals surface area contributed by atoms with E-state index in [2.05, 4.69) is 20.5 Å². The smallest absolute Gasteiger partial charge is 0.335 e. The van der Waals surface area contributed by atoms with E-state index in [1.807, 2.05) is 38.1 Å². The summed E-state index contributed by atoms with van der Waals surface area (Å²) in [4.78, 5) is 31.6. The number of hydrogen-bond donors (Lipinski definition) is 2. The molecule has 0 atom stereocenters. The Hall–Kier alpha value is -3.72. The maximum absolute atomic E-state index is 12.1. The Labute approximate surface area is 189 Å². The molecule has 0 radical (unpaired) electrons. The maximum atomic E-state index is 12.1. The van der Waals surface area contributed by atoms with Gasteiger partial charge in [-0.1, -0.05) is 36.0 Å². The molecule has 9 heteroatoms. The van der Waals surface area contributed by atoms with E-state index in [1.165, 1.54) is 30.1 Å². The van der Waals surface area contributed by atoms with Crippen LogP contribution in [0.25, 0.3) is 0 Å². The summed E-state index contributed by atoms with van der Waals surface area (Å²) in [7, 11) is 0. The van der Waals surface area contributed by atoms with Gasteiger partial charge < -0.3 is 9.84 Å². The Morgan fingerprint density at radius 2 is 1.78 bits per heavy atom. The van der Waals surface area contributed by atoms with Gasteiger partial charge in [-0.05, 0) is 49.7 Å². The number of nitrogens with zero attached hydrogens (tertiary/aromatic N) is 3. The molecule has 1 amide bonds. The minimum absolute atomic E-state index is 0.144. The summed E-state index contributed by atoms with van der Waals surface area (Å²) in [6, 6.07) is 15.6. The molecule has 2 aromatic carbocycles. The van der Waals surface area contributed by atoms with Gasteiger partial charge in [-0.15, -0.1) is 0 Å². The van der Waals surface area contributed by atoms with Crippen molar-refractivity contribution in [2.24, 2.45) is 5.10 Å². The summed E-state index contributed by atoms with van der Waals surface area (Å²) in [5, 5.41) is 13.5. The topological polar surface area (TPSA) is 114 Å². The van der Waals surface area contributed by atoms with Crippen LogP contribution in [0.1, 0.15) is 32.9 Å². The predicted octanol–water partition coefficient (Wildman–Crippen LogP) is 3.61. The van der Waals surface area contributed by atoms with Gasteiger partial charge in [-0.3, -0.25) is 4.79 Å². The molecule has 32 heavy (non-hydrogen) atoms. The molecule has 3 aromatic rings. The van der Waals surface area contributed by atoms with Crippen molar-refractivity contribution in [2.75, 3.05) is 5.75 Å². The van der Waals surface area contributed by atoms with E-state index in [0.29, 0.717) is 16.5 Å². The first-order valence-corrected chi connectivity index (χ1v) is 10.7. The van der Waals surface area contributed by atoms with Crippen LogP contribution in [-0.2, 0) is 11.4 Å². The van der Waals surface area contributed by atoms with Crippen LogP contribution in [0.3, 0.4) is 0 Å². The number of rotatable bonds is 9. The Balaban J connectivity index is 1.53. The summed E-state index contributed by atoms with van der Waals surface area (Å²) in [6.07, 6.45) is 1.51. The SMILES string of the molecule is Cc1cc(C)nc(SCC(=O)N/N=C\c2ccccc2OCc2ccc(C(=O)O)cc2)n1. The second-order valence-electron chi connectivity index (χ2n) is 6.84. The number of benzene rings is 2. The summed E-state index contributed by atoms with van der Waals surface area (Å²) in [5.74, 6) is -0.511. The highest BCUT2D eigenvalue weighted by Gasteiger charge is 2.07. The number of carboxylic acid groups (broad SMARTS) is 1. The van der Waals surface area contributed by atoms with Gasteiger partial charge in [-0.25, -0.2) is 20.2 Å². The third-order valence-electron chi connectivity index (χ3n) is 4.20. The highest BCUT2D eigenvalue weighted by atomic mass is 32.2. The second kappa shape index (κ2) is 11.1. The summed E-state index contributed by atoms with van der Waals surface area (Å²) in [5.41, 5.74) is 5.95. The van der Waals surface area contributed by atoms with Crippen LogP contribution in [-0.4, -0.2) is 38.9 Å². The fraction of sp³-hybridized carbons (Fsp3) is 0.174. The molecule has 0 unspecified atom stereocenters. The molecule has 1 aromatic heterocycles. The van der Waals surface area contributed by atoms with Crippen LogP contribution in [0.15, 0.2) is 64.9 Å². The second-order valence-corrected chi connectivity index (χ2v) is 7.79. The molecular formula is C23H22N4O4S. The number of carboxylic acids is 1. The van der Waals surface area contributed by atoms with Crippen molar-refractivity contribution in [3.05, 3.63) is 82.7 Å². The fourth-order valence-corrected chi connectivity index (χ4v) is 3.46. The minimum atomic E-state index is -0.971. The lowest BCUT2D eigenvalue weighted by molar-refractivity contribution is -0.118. The minimum Gasteiger partial charge on any atom is -0.488 e. The van der Waals surface area contributed by atoms with Crippen LogP contribution >= 0.6 is 11.8 Å². The number of aromatic nitrogens is 2. The Kier molecular flexibility index (Phi) is 7.93. The lowest BCUT2D eigenvalue weighted by Gasteiger charge is -2.09. The van der Waals surface area contributed by atoms with Crippen molar-refractivity contribution in [1.82, 2.24) is 15.4 Å². The van der Waals surface area contributed by atoms with E-state index in [0.717, 1.165) is 17.0 Å². The third-order valence-corrected chi connectivity index (χ3v) is 5.05. The van der Waals surface area contributed by atoms with Crippen LogP contribution in [0.5, 0.6) is 5.75 Å².